The van der Waals surface area contributed by atoms with Gasteiger partial charge in [0.05, 0.1) is 20.0 Å². The molecular weight excluding hydrogens is 340 g/mol. The Kier molecular flexibility index (Phi) is 6.89. The molecule has 6 heteroatoms. The van der Waals surface area contributed by atoms with Gasteiger partial charge in [0.25, 0.3) is 0 Å². The van der Waals surface area contributed by atoms with E-state index in [0.29, 0.717) is 11.3 Å². The first-order valence-electron chi connectivity index (χ1n) is 7.68. The van der Waals surface area contributed by atoms with Gasteiger partial charge in [-0.25, -0.2) is 0 Å². The predicted octanol–water partition coefficient (Wildman–Crippen LogP) is 3.61. The summed E-state index contributed by atoms with van der Waals surface area (Å²) in [5.41, 5.74) is 0.476. The molecule has 0 amide bonds. The Morgan fingerprint density at radius 2 is 1.44 bits per heavy atom. The molecule has 2 aromatic rings. The van der Waals surface area contributed by atoms with Gasteiger partial charge >= 0.3 is 5.97 Å². The molecule has 0 saturated heterocycles. The number of benzene rings is 2. The maximum atomic E-state index is 12.3. The Balaban J connectivity index is 1.84. The van der Waals surface area contributed by atoms with E-state index >= 15 is 0 Å². The Morgan fingerprint density at radius 1 is 0.920 bits per heavy atom. The van der Waals surface area contributed by atoms with Crippen LogP contribution in [-0.4, -0.2) is 37.8 Å². The normalized spacial score (nSPS) is 11.5. The first kappa shape index (κ1) is 18.9. The Morgan fingerprint density at radius 3 is 1.96 bits per heavy atom. The van der Waals surface area contributed by atoms with Crippen LogP contribution in [-0.2, 0) is 9.53 Å². The van der Waals surface area contributed by atoms with Crippen molar-refractivity contribution in [3.8, 4) is 11.5 Å². The minimum absolute atomic E-state index is 0.132. The highest BCUT2D eigenvalue weighted by atomic mass is 32.2. The lowest BCUT2D eigenvalue weighted by Crippen LogP contribution is -2.25. The SMILES string of the molecule is COc1ccc(SCC(=O)O[C@H](C)C(=O)c2ccc(OC)cc2)cc1. The van der Waals surface area contributed by atoms with Gasteiger partial charge in [-0.15, -0.1) is 11.8 Å². The molecular formula is C19H20O5S. The minimum atomic E-state index is -0.836. The highest BCUT2D eigenvalue weighted by Gasteiger charge is 2.19. The number of rotatable bonds is 8. The van der Waals surface area contributed by atoms with E-state index in [1.807, 2.05) is 24.3 Å². The number of ketones is 1. The van der Waals surface area contributed by atoms with Crippen molar-refractivity contribution >= 4 is 23.5 Å². The van der Waals surface area contributed by atoms with E-state index in [4.69, 9.17) is 14.2 Å². The third-order valence-electron chi connectivity index (χ3n) is 3.47. The maximum absolute atomic E-state index is 12.3. The van der Waals surface area contributed by atoms with E-state index < -0.39 is 12.1 Å². The molecule has 0 spiro atoms. The molecule has 0 N–H and O–H groups in total. The number of esters is 1. The van der Waals surface area contributed by atoms with E-state index in [-0.39, 0.29) is 11.5 Å². The topological polar surface area (TPSA) is 61.8 Å². The van der Waals surface area contributed by atoms with Crippen molar-refractivity contribution in [1.29, 1.82) is 0 Å². The molecule has 0 unspecified atom stereocenters. The van der Waals surface area contributed by atoms with Gasteiger partial charge in [-0.1, -0.05) is 0 Å². The average molecular weight is 360 g/mol. The van der Waals surface area contributed by atoms with Gasteiger partial charge < -0.3 is 14.2 Å². The van der Waals surface area contributed by atoms with Gasteiger partial charge in [-0.3, -0.25) is 9.59 Å². The summed E-state index contributed by atoms with van der Waals surface area (Å²) in [6.07, 6.45) is -0.836. The summed E-state index contributed by atoms with van der Waals surface area (Å²) in [5.74, 6) is 0.871. The summed E-state index contributed by atoms with van der Waals surface area (Å²) in [7, 11) is 3.16. The van der Waals surface area contributed by atoms with Gasteiger partial charge in [0, 0.05) is 10.5 Å². The van der Waals surface area contributed by atoms with Crippen molar-refractivity contribution in [3.05, 3.63) is 54.1 Å². The van der Waals surface area contributed by atoms with Crippen molar-refractivity contribution in [2.75, 3.05) is 20.0 Å². The first-order valence-corrected chi connectivity index (χ1v) is 8.66. The summed E-state index contributed by atoms with van der Waals surface area (Å²) in [4.78, 5) is 25.2. The number of carbonyl (C=O) groups is 2. The lowest BCUT2D eigenvalue weighted by Gasteiger charge is -2.12. The van der Waals surface area contributed by atoms with E-state index in [1.54, 1.807) is 45.4 Å². The second-order valence-corrected chi connectivity index (χ2v) is 6.24. The molecule has 1 atom stereocenters. The molecule has 5 nitrogen and oxygen atoms in total. The number of methoxy groups -OCH3 is 2. The van der Waals surface area contributed by atoms with E-state index in [1.165, 1.54) is 11.8 Å². The van der Waals surface area contributed by atoms with Crippen molar-refractivity contribution in [2.45, 2.75) is 17.9 Å². The number of Topliss-reactive ketones (excluding diaryl/α,β-unsaturated/α-hetero) is 1. The highest BCUT2D eigenvalue weighted by Crippen LogP contribution is 2.21. The second kappa shape index (κ2) is 9.13. The highest BCUT2D eigenvalue weighted by molar-refractivity contribution is 8.00. The summed E-state index contributed by atoms with van der Waals surface area (Å²) in [6.45, 7) is 1.57. The fraction of sp³-hybridized carbons (Fsp3) is 0.263. The monoisotopic (exact) mass is 360 g/mol. The average Bonchev–Trinajstić information content (AvgIpc) is 2.66. The molecule has 2 aromatic carbocycles. The van der Waals surface area contributed by atoms with Crippen molar-refractivity contribution in [2.24, 2.45) is 0 Å². The zero-order valence-corrected chi connectivity index (χ0v) is 15.2. The largest absolute Gasteiger partial charge is 0.497 e. The van der Waals surface area contributed by atoms with Gasteiger partial charge in [0.1, 0.15) is 11.5 Å². The fourth-order valence-corrected chi connectivity index (χ4v) is 2.77. The predicted molar refractivity (Wildman–Crippen MR) is 96.6 cm³/mol. The van der Waals surface area contributed by atoms with E-state index in [9.17, 15) is 9.59 Å². The molecule has 25 heavy (non-hydrogen) atoms. The number of hydrogen-bond donors (Lipinski definition) is 0. The number of ether oxygens (including phenoxy) is 3. The molecule has 0 aromatic heterocycles. The Labute approximate surface area is 151 Å². The van der Waals surface area contributed by atoms with E-state index in [2.05, 4.69) is 0 Å². The zero-order valence-electron chi connectivity index (χ0n) is 14.4. The summed E-state index contributed by atoms with van der Waals surface area (Å²) < 4.78 is 15.4. The molecule has 0 aliphatic rings. The first-order chi connectivity index (χ1) is 12.0. The molecule has 0 fully saturated rings. The molecule has 2 rings (SSSR count). The molecule has 0 heterocycles. The van der Waals surface area contributed by atoms with Crippen LogP contribution in [0.15, 0.2) is 53.4 Å². The zero-order chi connectivity index (χ0) is 18.2. The molecule has 132 valence electrons. The maximum Gasteiger partial charge on any atom is 0.316 e. The Hall–Kier alpha value is -2.47. The van der Waals surface area contributed by atoms with Gasteiger partial charge in [0.2, 0.25) is 5.78 Å². The fourth-order valence-electron chi connectivity index (χ4n) is 2.09. The van der Waals surface area contributed by atoms with Crippen molar-refractivity contribution in [3.63, 3.8) is 0 Å². The summed E-state index contributed by atoms with van der Waals surface area (Å²) in [6, 6.07) is 14.1. The van der Waals surface area contributed by atoms with Crippen LogP contribution in [0.25, 0.3) is 0 Å². The standard InChI is InChI=1S/C19H20O5S/c1-13(19(21)14-4-6-15(22-2)7-5-14)24-18(20)12-25-17-10-8-16(23-3)9-11-17/h4-11,13H,12H2,1-3H3/t13-/m1/s1. The molecule has 0 aliphatic heterocycles. The van der Waals surface area contributed by atoms with Crippen molar-refractivity contribution in [1.82, 2.24) is 0 Å². The van der Waals surface area contributed by atoms with Crippen LogP contribution in [0, 0.1) is 0 Å². The number of thioether (sulfide) groups is 1. The molecule has 0 radical (unpaired) electrons. The summed E-state index contributed by atoms with van der Waals surface area (Å²) >= 11 is 1.34. The van der Waals surface area contributed by atoms with Crippen LogP contribution < -0.4 is 9.47 Å². The molecule has 0 aliphatic carbocycles. The summed E-state index contributed by atoms with van der Waals surface area (Å²) in [5, 5.41) is 0. The van der Waals surface area contributed by atoms with Crippen LogP contribution in [0.3, 0.4) is 0 Å². The lowest BCUT2D eigenvalue weighted by molar-refractivity contribution is -0.143. The van der Waals surface area contributed by atoms with Gasteiger partial charge in [-0.05, 0) is 55.5 Å². The van der Waals surface area contributed by atoms with Crippen LogP contribution in [0.1, 0.15) is 17.3 Å². The smallest absolute Gasteiger partial charge is 0.316 e. The quantitative estimate of drug-likeness (QED) is 0.407. The lowest BCUT2D eigenvalue weighted by atomic mass is 10.1. The third-order valence-corrected chi connectivity index (χ3v) is 4.45. The number of hydrogen-bond acceptors (Lipinski definition) is 6. The van der Waals surface area contributed by atoms with Gasteiger partial charge in [0.15, 0.2) is 6.10 Å². The van der Waals surface area contributed by atoms with Crippen molar-refractivity contribution < 1.29 is 23.8 Å². The van der Waals surface area contributed by atoms with Crippen LogP contribution in [0.2, 0.25) is 0 Å². The van der Waals surface area contributed by atoms with E-state index in [0.717, 1.165) is 10.6 Å². The van der Waals surface area contributed by atoms with Crippen LogP contribution in [0.4, 0.5) is 0 Å². The minimum Gasteiger partial charge on any atom is -0.497 e. The molecule has 0 bridgehead atoms. The molecule has 0 saturated carbocycles. The Bertz CT molecular complexity index is 710. The van der Waals surface area contributed by atoms with Crippen LogP contribution >= 0.6 is 11.8 Å². The van der Waals surface area contributed by atoms with Crippen LogP contribution in [0.5, 0.6) is 11.5 Å². The third kappa shape index (κ3) is 5.53. The van der Waals surface area contributed by atoms with Gasteiger partial charge in [-0.2, -0.15) is 0 Å². The second-order valence-electron chi connectivity index (χ2n) is 5.19. The number of carbonyl (C=O) groups excluding carboxylic acids is 2.